The van der Waals surface area contributed by atoms with Crippen LogP contribution in [0, 0.1) is 0 Å². The van der Waals surface area contributed by atoms with Gasteiger partial charge in [-0.25, -0.2) is 0 Å². The van der Waals surface area contributed by atoms with Crippen LogP contribution in [-0.2, 0) is 0 Å². The fourth-order valence-corrected chi connectivity index (χ4v) is 2.95. The molecule has 0 radical (unpaired) electrons. The van der Waals surface area contributed by atoms with Crippen LogP contribution >= 0.6 is 27.3 Å². The van der Waals surface area contributed by atoms with Gasteiger partial charge in [-0.3, -0.25) is 4.79 Å². The van der Waals surface area contributed by atoms with Gasteiger partial charge < -0.3 is 15.3 Å². The molecule has 2 atom stereocenters. The molecule has 1 aromatic rings. The van der Waals surface area contributed by atoms with Crippen LogP contribution in [0.25, 0.3) is 0 Å². The molecule has 6 heteroatoms. The van der Waals surface area contributed by atoms with Gasteiger partial charge in [0.25, 0.3) is 5.91 Å². The molecule has 2 N–H and O–H groups in total. The number of aliphatic hydroxyl groups excluding tert-OH is 1. The highest BCUT2D eigenvalue weighted by Gasteiger charge is 2.31. The molecule has 0 aromatic carbocycles. The van der Waals surface area contributed by atoms with Gasteiger partial charge in [-0.1, -0.05) is 0 Å². The van der Waals surface area contributed by atoms with Crippen LogP contribution in [0.5, 0.6) is 0 Å². The molecule has 0 aliphatic carbocycles. The predicted octanol–water partition coefficient (Wildman–Crippen LogP) is 0.915. The second kappa shape index (κ2) is 4.83. The summed E-state index contributed by atoms with van der Waals surface area (Å²) in [7, 11) is 1.73. The van der Waals surface area contributed by atoms with E-state index >= 15 is 0 Å². The van der Waals surface area contributed by atoms with Gasteiger partial charge in [0.1, 0.15) is 0 Å². The number of likely N-dealkylation sites (N-methyl/N-ethyl adjacent to an activating group) is 1. The standard InChI is InChI=1S/C10H13BrN2O2S/c1-13(7-3-12-4-8(7)14)10(15)6-2-9(11)16-5-6/h2,5,7-8,12,14H,3-4H2,1H3/t7-,8-/m0/s1. The molecule has 4 nitrogen and oxygen atoms in total. The number of thiophene rings is 1. The lowest BCUT2D eigenvalue weighted by molar-refractivity contribution is 0.0581. The molecule has 1 aliphatic heterocycles. The molecule has 2 rings (SSSR count). The van der Waals surface area contributed by atoms with E-state index in [0.717, 1.165) is 3.79 Å². The van der Waals surface area contributed by atoms with E-state index in [0.29, 0.717) is 18.7 Å². The summed E-state index contributed by atoms with van der Waals surface area (Å²) in [5.41, 5.74) is 0.665. The maximum Gasteiger partial charge on any atom is 0.254 e. The number of carbonyl (C=O) groups is 1. The first-order valence-electron chi connectivity index (χ1n) is 4.99. The minimum Gasteiger partial charge on any atom is -0.390 e. The normalized spacial score (nSPS) is 24.7. The van der Waals surface area contributed by atoms with Crippen molar-refractivity contribution in [1.82, 2.24) is 10.2 Å². The number of hydrogen-bond acceptors (Lipinski definition) is 4. The molecule has 2 heterocycles. The zero-order valence-corrected chi connectivity index (χ0v) is 11.2. The van der Waals surface area contributed by atoms with Crippen LogP contribution in [0.4, 0.5) is 0 Å². The van der Waals surface area contributed by atoms with Gasteiger partial charge in [-0.05, 0) is 22.0 Å². The minimum absolute atomic E-state index is 0.0466. The van der Waals surface area contributed by atoms with E-state index in [2.05, 4.69) is 21.2 Å². The van der Waals surface area contributed by atoms with E-state index in [1.807, 2.05) is 5.38 Å². The molecule has 0 bridgehead atoms. The number of carbonyl (C=O) groups excluding carboxylic acids is 1. The van der Waals surface area contributed by atoms with Crippen molar-refractivity contribution in [3.63, 3.8) is 0 Å². The summed E-state index contributed by atoms with van der Waals surface area (Å²) in [4.78, 5) is 13.7. The second-order valence-corrected chi connectivity index (χ2v) is 6.14. The van der Waals surface area contributed by atoms with Gasteiger partial charge in [0.15, 0.2) is 0 Å². The Bertz CT molecular complexity index is 396. The number of aliphatic hydroxyl groups is 1. The highest BCUT2D eigenvalue weighted by Crippen LogP contribution is 2.22. The van der Waals surface area contributed by atoms with E-state index in [1.54, 1.807) is 18.0 Å². The number of nitrogens with one attached hydrogen (secondary N) is 1. The number of hydrogen-bond donors (Lipinski definition) is 2. The van der Waals surface area contributed by atoms with Crippen molar-refractivity contribution in [1.29, 1.82) is 0 Å². The van der Waals surface area contributed by atoms with Gasteiger partial charge in [0.2, 0.25) is 0 Å². The average molecular weight is 305 g/mol. The van der Waals surface area contributed by atoms with Crippen molar-refractivity contribution in [2.45, 2.75) is 12.1 Å². The van der Waals surface area contributed by atoms with Gasteiger partial charge in [-0.2, -0.15) is 0 Å². The Labute approximate surface area is 106 Å². The third-order valence-electron chi connectivity index (χ3n) is 2.78. The first kappa shape index (κ1) is 12.0. The smallest absolute Gasteiger partial charge is 0.254 e. The van der Waals surface area contributed by atoms with E-state index in [1.165, 1.54) is 11.3 Å². The lowest BCUT2D eigenvalue weighted by Gasteiger charge is -2.26. The van der Waals surface area contributed by atoms with E-state index in [9.17, 15) is 9.90 Å². The van der Waals surface area contributed by atoms with Gasteiger partial charge in [-0.15, -0.1) is 11.3 Å². The van der Waals surface area contributed by atoms with Crippen molar-refractivity contribution in [2.24, 2.45) is 0 Å². The summed E-state index contributed by atoms with van der Waals surface area (Å²) in [5, 5.41) is 14.6. The predicted molar refractivity (Wildman–Crippen MR) is 66.8 cm³/mol. The molecular formula is C10H13BrN2O2S. The van der Waals surface area contributed by atoms with Crippen LogP contribution in [0.15, 0.2) is 15.2 Å². The Morgan fingerprint density at radius 1 is 1.69 bits per heavy atom. The van der Waals surface area contributed by atoms with Crippen LogP contribution in [0.1, 0.15) is 10.4 Å². The first-order valence-corrected chi connectivity index (χ1v) is 6.67. The molecule has 0 unspecified atom stereocenters. The fraction of sp³-hybridized carbons (Fsp3) is 0.500. The first-order chi connectivity index (χ1) is 7.59. The zero-order valence-electron chi connectivity index (χ0n) is 8.81. The summed E-state index contributed by atoms with van der Waals surface area (Å²) in [6.07, 6.45) is -0.476. The number of β-amino-alcohol motifs (C(OH)–C–C–N with tert-alkyl or cyclic N) is 1. The molecule has 0 saturated carbocycles. The van der Waals surface area contributed by atoms with Gasteiger partial charge in [0.05, 0.1) is 21.5 Å². The Hall–Kier alpha value is -0.430. The fourth-order valence-electron chi connectivity index (χ4n) is 1.82. The minimum atomic E-state index is -0.476. The molecular weight excluding hydrogens is 292 g/mol. The monoisotopic (exact) mass is 304 g/mol. The summed E-state index contributed by atoms with van der Waals surface area (Å²) in [5.74, 6) is -0.0466. The highest BCUT2D eigenvalue weighted by atomic mass is 79.9. The third-order valence-corrected chi connectivity index (χ3v) is 4.29. The summed E-state index contributed by atoms with van der Waals surface area (Å²) >= 11 is 4.82. The highest BCUT2D eigenvalue weighted by molar-refractivity contribution is 9.11. The number of rotatable bonds is 2. The average Bonchev–Trinajstić information content (AvgIpc) is 2.85. The molecule has 1 aliphatic rings. The number of halogens is 1. The van der Waals surface area contributed by atoms with Crippen LogP contribution < -0.4 is 5.32 Å². The molecule has 1 fully saturated rings. The second-order valence-electron chi connectivity index (χ2n) is 3.85. The third kappa shape index (κ3) is 2.29. The molecule has 1 aromatic heterocycles. The summed E-state index contributed by atoms with van der Waals surface area (Å²) < 4.78 is 0.939. The Morgan fingerprint density at radius 3 is 2.94 bits per heavy atom. The van der Waals surface area contributed by atoms with Gasteiger partial charge in [0, 0.05) is 25.5 Å². The molecule has 1 amide bonds. The van der Waals surface area contributed by atoms with E-state index < -0.39 is 6.10 Å². The van der Waals surface area contributed by atoms with E-state index in [4.69, 9.17) is 0 Å². The Kier molecular flexibility index (Phi) is 3.63. The lowest BCUT2D eigenvalue weighted by atomic mass is 10.1. The Morgan fingerprint density at radius 2 is 2.44 bits per heavy atom. The largest absolute Gasteiger partial charge is 0.390 e. The SMILES string of the molecule is CN(C(=O)c1csc(Br)c1)[C@H]1CNC[C@@H]1O. The molecule has 1 saturated heterocycles. The van der Waals surface area contributed by atoms with Crippen LogP contribution in [0.3, 0.4) is 0 Å². The number of amides is 1. The lowest BCUT2D eigenvalue weighted by Crippen LogP contribution is -2.44. The van der Waals surface area contributed by atoms with Crippen LogP contribution in [-0.4, -0.2) is 48.2 Å². The van der Waals surface area contributed by atoms with E-state index in [-0.39, 0.29) is 11.9 Å². The van der Waals surface area contributed by atoms with Crippen molar-refractivity contribution < 1.29 is 9.90 Å². The van der Waals surface area contributed by atoms with Crippen LogP contribution in [0.2, 0.25) is 0 Å². The topological polar surface area (TPSA) is 52.6 Å². The molecule has 16 heavy (non-hydrogen) atoms. The van der Waals surface area contributed by atoms with Crippen molar-refractivity contribution >= 4 is 33.2 Å². The maximum atomic E-state index is 12.1. The zero-order chi connectivity index (χ0) is 11.7. The summed E-state index contributed by atoms with van der Waals surface area (Å²) in [6, 6.07) is 1.67. The summed E-state index contributed by atoms with van der Waals surface area (Å²) in [6.45, 7) is 1.20. The maximum absolute atomic E-state index is 12.1. The van der Waals surface area contributed by atoms with Gasteiger partial charge >= 0.3 is 0 Å². The van der Waals surface area contributed by atoms with Crippen molar-refractivity contribution in [3.8, 4) is 0 Å². The Balaban J connectivity index is 2.10. The number of nitrogens with zero attached hydrogens (tertiary/aromatic N) is 1. The molecule has 88 valence electrons. The quantitative estimate of drug-likeness (QED) is 0.854. The van der Waals surface area contributed by atoms with Crippen molar-refractivity contribution in [3.05, 3.63) is 20.8 Å². The molecule has 0 spiro atoms. The van der Waals surface area contributed by atoms with Crippen molar-refractivity contribution in [2.75, 3.05) is 20.1 Å².